The molecule has 3 aliphatic rings. The highest BCUT2D eigenvalue weighted by atomic mass is 32.2. The number of carbonyl (C=O) groups is 1. The van der Waals surface area contributed by atoms with Gasteiger partial charge in [0.15, 0.2) is 10.8 Å². The van der Waals surface area contributed by atoms with E-state index in [4.69, 9.17) is 0 Å². The van der Waals surface area contributed by atoms with Crippen molar-refractivity contribution < 1.29 is 13.6 Å². The number of fused-ring (bicyclic) bond motifs is 1. The molecule has 1 aliphatic heterocycles. The molecule has 206 valence electrons. The maximum Gasteiger partial charge on any atom is 0.282 e. The van der Waals surface area contributed by atoms with Gasteiger partial charge in [0.25, 0.3) is 6.43 Å². The summed E-state index contributed by atoms with van der Waals surface area (Å²) in [4.78, 5) is 19.8. The summed E-state index contributed by atoms with van der Waals surface area (Å²) in [7, 11) is 0. The number of carbonyl (C=O) groups excluding carboxylic acids is 1. The first-order chi connectivity index (χ1) is 18.6. The molecule has 3 fully saturated rings. The van der Waals surface area contributed by atoms with Crippen LogP contribution in [0.1, 0.15) is 87.9 Å². The molecule has 1 saturated heterocycles. The third-order valence-corrected chi connectivity index (χ3v) is 10.3. The Balaban J connectivity index is 1.43. The zero-order chi connectivity index (χ0) is 27.5. The summed E-state index contributed by atoms with van der Waals surface area (Å²) in [6.45, 7) is 7.17. The molecule has 1 N–H and O–H groups in total. The summed E-state index contributed by atoms with van der Waals surface area (Å²) in [6, 6.07) is 4.35. The van der Waals surface area contributed by atoms with Gasteiger partial charge in [-0.05, 0) is 74.9 Å². The first-order valence-electron chi connectivity index (χ1n) is 13.5. The van der Waals surface area contributed by atoms with Crippen LogP contribution in [0.2, 0.25) is 0 Å². The van der Waals surface area contributed by atoms with Crippen LogP contribution in [-0.4, -0.2) is 49.0 Å². The standard InChI is InChI=1S/C27H31F2N7OS2/c1-15(2)24(37)35-10-4-16(5-11-35)18-12-17(39-34-26(3)6-7-26)13-36-20(18)19(21(28)29)31-22(36)23-32-33-25(38-23)27(14-30)8-9-27/h12-13,15-16,21,34H,4-11H2,1-3H3. The van der Waals surface area contributed by atoms with Gasteiger partial charge in [0.05, 0.1) is 11.6 Å². The van der Waals surface area contributed by atoms with Crippen LogP contribution in [-0.2, 0) is 10.2 Å². The fraction of sp³-hybridized carbons (Fsp3) is 0.593. The lowest BCUT2D eigenvalue weighted by atomic mass is 9.88. The largest absolute Gasteiger partial charge is 0.342 e. The molecule has 39 heavy (non-hydrogen) atoms. The van der Waals surface area contributed by atoms with Gasteiger partial charge in [-0.15, -0.1) is 10.2 Å². The number of imidazole rings is 1. The number of nitriles is 1. The summed E-state index contributed by atoms with van der Waals surface area (Å²) in [6.07, 6.45) is 4.14. The average molecular weight is 572 g/mol. The monoisotopic (exact) mass is 571 g/mol. The fourth-order valence-corrected chi connectivity index (χ4v) is 7.11. The molecule has 0 spiro atoms. The van der Waals surface area contributed by atoms with Gasteiger partial charge in [0.1, 0.15) is 16.1 Å². The minimum absolute atomic E-state index is 0.0149. The van der Waals surface area contributed by atoms with Gasteiger partial charge in [-0.2, -0.15) is 5.26 Å². The van der Waals surface area contributed by atoms with Crippen LogP contribution in [0, 0.1) is 17.2 Å². The van der Waals surface area contributed by atoms with Gasteiger partial charge >= 0.3 is 0 Å². The molecule has 2 saturated carbocycles. The van der Waals surface area contributed by atoms with Gasteiger partial charge < -0.3 is 4.90 Å². The molecule has 12 heteroatoms. The number of halogens is 2. The summed E-state index contributed by atoms with van der Waals surface area (Å²) in [5, 5.41) is 19.2. The Morgan fingerprint density at radius 2 is 1.95 bits per heavy atom. The van der Waals surface area contributed by atoms with Crippen molar-refractivity contribution in [2.75, 3.05) is 13.1 Å². The smallest absolute Gasteiger partial charge is 0.282 e. The zero-order valence-corrected chi connectivity index (χ0v) is 23.8. The third kappa shape index (κ3) is 4.93. The molecule has 0 unspecified atom stereocenters. The van der Waals surface area contributed by atoms with Crippen molar-refractivity contribution in [3.05, 3.63) is 28.5 Å². The second-order valence-electron chi connectivity index (χ2n) is 11.6. The number of hydrogen-bond acceptors (Lipinski definition) is 8. The minimum atomic E-state index is -2.77. The number of amides is 1. The summed E-state index contributed by atoms with van der Waals surface area (Å²) in [5.41, 5.74) is 0.449. The van der Waals surface area contributed by atoms with Crippen LogP contribution in [0.4, 0.5) is 8.78 Å². The minimum Gasteiger partial charge on any atom is -0.342 e. The van der Waals surface area contributed by atoms with E-state index in [1.165, 1.54) is 23.3 Å². The lowest BCUT2D eigenvalue weighted by molar-refractivity contribution is -0.135. The van der Waals surface area contributed by atoms with E-state index >= 15 is 0 Å². The molecule has 0 aromatic carbocycles. The Hall–Kier alpha value is -2.62. The fourth-order valence-electron chi connectivity index (χ4n) is 5.17. The van der Waals surface area contributed by atoms with Crippen LogP contribution in [0.3, 0.4) is 0 Å². The molecule has 2 aliphatic carbocycles. The number of nitrogens with zero attached hydrogens (tertiary/aromatic N) is 6. The molecular formula is C27H31F2N7OS2. The molecular weight excluding hydrogens is 540 g/mol. The third-order valence-electron chi connectivity index (χ3n) is 8.12. The van der Waals surface area contributed by atoms with Crippen molar-refractivity contribution in [1.82, 2.24) is 29.2 Å². The molecule has 0 radical (unpaired) electrons. The Bertz CT molecular complexity index is 1460. The van der Waals surface area contributed by atoms with Crippen molar-refractivity contribution in [2.45, 2.75) is 87.5 Å². The van der Waals surface area contributed by atoms with Crippen LogP contribution < -0.4 is 4.72 Å². The highest BCUT2D eigenvalue weighted by Crippen LogP contribution is 2.49. The summed E-state index contributed by atoms with van der Waals surface area (Å²) >= 11 is 2.77. The Morgan fingerprint density at radius 3 is 2.54 bits per heavy atom. The number of rotatable bonds is 8. The van der Waals surface area contributed by atoms with Crippen LogP contribution >= 0.6 is 23.3 Å². The molecule has 3 aromatic heterocycles. The number of piperidine rings is 1. The van der Waals surface area contributed by atoms with Gasteiger partial charge in [-0.25, -0.2) is 13.8 Å². The molecule has 4 heterocycles. The number of nitrogens with one attached hydrogen (secondary N) is 1. The van der Waals surface area contributed by atoms with Crippen LogP contribution in [0.25, 0.3) is 16.3 Å². The van der Waals surface area contributed by atoms with Gasteiger partial charge in [-0.1, -0.05) is 25.2 Å². The Kier molecular flexibility index (Phi) is 6.67. The molecule has 0 atom stereocenters. The van der Waals surface area contributed by atoms with Crippen molar-refractivity contribution >= 4 is 34.7 Å². The second-order valence-corrected chi connectivity index (χ2v) is 13.5. The number of likely N-dealkylation sites (tertiary alicyclic amines) is 1. The van der Waals surface area contributed by atoms with Crippen molar-refractivity contribution in [2.24, 2.45) is 5.92 Å². The average Bonchev–Trinajstić information content (AvgIpc) is 3.78. The Morgan fingerprint density at radius 1 is 1.23 bits per heavy atom. The maximum absolute atomic E-state index is 14.5. The number of alkyl halides is 2. The highest BCUT2D eigenvalue weighted by Gasteiger charge is 2.48. The first-order valence-corrected chi connectivity index (χ1v) is 15.1. The van der Waals surface area contributed by atoms with Gasteiger partial charge in [0.2, 0.25) is 5.91 Å². The van der Waals surface area contributed by atoms with Crippen molar-refractivity contribution in [3.63, 3.8) is 0 Å². The lowest BCUT2D eigenvalue weighted by Crippen LogP contribution is -2.40. The predicted molar refractivity (Wildman–Crippen MR) is 146 cm³/mol. The summed E-state index contributed by atoms with van der Waals surface area (Å²) in [5.74, 6) is 0.397. The number of hydrogen-bond donors (Lipinski definition) is 1. The van der Waals surface area contributed by atoms with E-state index in [1.54, 1.807) is 4.40 Å². The van der Waals surface area contributed by atoms with E-state index in [0.717, 1.165) is 36.1 Å². The maximum atomic E-state index is 14.5. The molecule has 6 rings (SSSR count). The van der Waals surface area contributed by atoms with Crippen molar-refractivity contribution in [3.8, 4) is 16.9 Å². The highest BCUT2D eigenvalue weighted by molar-refractivity contribution is 7.97. The topological polar surface area (TPSA) is 99.2 Å². The van der Waals surface area contributed by atoms with Crippen LogP contribution in [0.5, 0.6) is 0 Å². The van der Waals surface area contributed by atoms with Gasteiger partial charge in [-0.3, -0.25) is 13.9 Å². The van der Waals surface area contributed by atoms with Crippen molar-refractivity contribution in [1.29, 1.82) is 5.26 Å². The Labute approximate surface area is 234 Å². The van der Waals surface area contributed by atoms with E-state index in [2.05, 4.69) is 32.9 Å². The SMILES string of the molecule is CC(C)C(=O)N1CCC(c2cc(SNC3(C)CC3)cn3c(-c4nnc(C5(C#N)CC5)s4)nc(C(F)F)c23)CC1. The van der Waals surface area contributed by atoms with E-state index in [1.807, 2.05) is 31.0 Å². The molecule has 0 bridgehead atoms. The lowest BCUT2D eigenvalue weighted by Gasteiger charge is -2.33. The normalized spacial score (nSPS) is 20.1. The number of pyridine rings is 1. The molecule has 8 nitrogen and oxygen atoms in total. The predicted octanol–water partition coefficient (Wildman–Crippen LogP) is 5.86. The van der Waals surface area contributed by atoms with E-state index in [0.29, 0.717) is 47.3 Å². The first kappa shape index (κ1) is 26.6. The van der Waals surface area contributed by atoms with E-state index in [9.17, 15) is 18.8 Å². The molecule has 3 aromatic rings. The quantitative estimate of drug-likeness (QED) is 0.338. The van der Waals surface area contributed by atoms with E-state index in [-0.39, 0.29) is 29.0 Å². The zero-order valence-electron chi connectivity index (χ0n) is 22.2. The molecule has 1 amide bonds. The summed E-state index contributed by atoms with van der Waals surface area (Å²) < 4.78 is 34.2. The van der Waals surface area contributed by atoms with Crippen LogP contribution in [0.15, 0.2) is 17.2 Å². The van der Waals surface area contributed by atoms with Gasteiger partial charge in [0, 0.05) is 35.6 Å². The van der Waals surface area contributed by atoms with E-state index < -0.39 is 11.8 Å². The second kappa shape index (κ2) is 9.78. The number of aromatic nitrogens is 4.